The Bertz CT molecular complexity index is 1120. The van der Waals surface area contributed by atoms with E-state index in [1.807, 2.05) is 0 Å². The highest BCUT2D eigenvalue weighted by molar-refractivity contribution is 6.22. The second-order valence-corrected chi connectivity index (χ2v) is 9.10. The van der Waals surface area contributed by atoms with E-state index < -0.39 is 0 Å². The number of benzene rings is 2. The van der Waals surface area contributed by atoms with E-state index in [1.165, 1.54) is 4.90 Å². The van der Waals surface area contributed by atoms with Crippen molar-refractivity contribution in [1.82, 2.24) is 0 Å². The number of methoxy groups -OCH3 is 1. The summed E-state index contributed by atoms with van der Waals surface area (Å²) in [6.45, 7) is -0.115. The van der Waals surface area contributed by atoms with Gasteiger partial charge in [-0.2, -0.15) is 0 Å². The first-order valence-electron chi connectivity index (χ1n) is 11.0. The van der Waals surface area contributed by atoms with Crippen LogP contribution in [0.25, 0.3) is 0 Å². The minimum atomic E-state index is -0.210. The Morgan fingerprint density at radius 1 is 0.938 bits per heavy atom. The number of ketones is 1. The van der Waals surface area contributed by atoms with E-state index in [0.717, 1.165) is 6.42 Å². The average Bonchev–Trinajstić information content (AvgIpc) is 3.61. The number of nitrogens with zero attached hydrogens (tertiary/aromatic N) is 1. The third-order valence-corrected chi connectivity index (χ3v) is 7.52. The highest BCUT2D eigenvalue weighted by Gasteiger charge is 2.67. The first kappa shape index (κ1) is 19.3. The van der Waals surface area contributed by atoms with Crippen molar-refractivity contribution < 1.29 is 23.9 Å². The third kappa shape index (κ3) is 2.82. The average molecular weight is 429 g/mol. The standard InChI is InChI=1S/C26H23NO5/c1-31-17-4-2-3-14(11-17)22(28)13-32-16-7-5-15(6-8-16)27-25(29)23-18-9-10-19(21-12-20(18)21)24(23)26(27)30/h2-11,18-21,23-24H,12-13H2,1H3/t18-,19-,20-,21-,23+,24+/m0/s1. The molecule has 0 radical (unpaired) electrons. The largest absolute Gasteiger partial charge is 0.497 e. The number of hydrogen-bond donors (Lipinski definition) is 0. The molecule has 3 fully saturated rings. The van der Waals surface area contributed by atoms with E-state index in [-0.39, 0.29) is 47.9 Å². The molecule has 6 nitrogen and oxygen atoms in total. The Hall–Kier alpha value is -3.41. The fraction of sp³-hybridized carbons (Fsp3) is 0.346. The summed E-state index contributed by atoms with van der Waals surface area (Å²) in [7, 11) is 1.55. The summed E-state index contributed by atoms with van der Waals surface area (Å²) < 4.78 is 10.8. The summed E-state index contributed by atoms with van der Waals surface area (Å²) in [5.74, 6) is 1.97. The number of Topliss-reactive ketones (excluding diaryl/α,β-unsaturated/α-hetero) is 1. The zero-order valence-corrected chi connectivity index (χ0v) is 17.6. The maximum atomic E-state index is 13.2. The van der Waals surface area contributed by atoms with Crippen molar-refractivity contribution in [2.24, 2.45) is 35.5 Å². The summed E-state index contributed by atoms with van der Waals surface area (Å²) in [5, 5.41) is 0. The maximum absolute atomic E-state index is 13.2. The molecular formula is C26H23NO5. The lowest BCUT2D eigenvalue weighted by Crippen LogP contribution is -2.40. The van der Waals surface area contributed by atoms with Crippen LogP contribution in [-0.2, 0) is 9.59 Å². The molecule has 0 unspecified atom stereocenters. The lowest BCUT2D eigenvalue weighted by Gasteiger charge is -2.37. The summed E-state index contributed by atoms with van der Waals surface area (Å²) in [6.07, 6.45) is 5.49. The predicted octanol–water partition coefficient (Wildman–Crippen LogP) is 3.51. The van der Waals surface area contributed by atoms with E-state index >= 15 is 0 Å². The molecule has 6 heteroatoms. The molecule has 162 valence electrons. The van der Waals surface area contributed by atoms with Gasteiger partial charge in [-0.25, -0.2) is 0 Å². The molecular weight excluding hydrogens is 406 g/mol. The molecule has 6 atom stereocenters. The van der Waals surface area contributed by atoms with Crippen LogP contribution in [0.2, 0.25) is 0 Å². The molecule has 5 aliphatic rings. The van der Waals surface area contributed by atoms with E-state index in [1.54, 1.807) is 55.6 Å². The van der Waals surface area contributed by atoms with Gasteiger partial charge in [0, 0.05) is 5.56 Å². The molecule has 2 amide bonds. The van der Waals surface area contributed by atoms with Crippen LogP contribution in [0.1, 0.15) is 16.8 Å². The Labute approximate surface area is 185 Å². The summed E-state index contributed by atoms with van der Waals surface area (Å²) in [5.41, 5.74) is 1.08. The molecule has 1 aliphatic heterocycles. The summed E-state index contributed by atoms with van der Waals surface area (Å²) >= 11 is 0. The van der Waals surface area contributed by atoms with Crippen LogP contribution >= 0.6 is 0 Å². The molecule has 0 N–H and O–H groups in total. The minimum absolute atomic E-state index is 0.0772. The van der Waals surface area contributed by atoms with Crippen LogP contribution in [0.5, 0.6) is 11.5 Å². The number of amides is 2. The molecule has 2 saturated carbocycles. The topological polar surface area (TPSA) is 72.9 Å². The number of carbonyl (C=O) groups excluding carboxylic acids is 3. The highest BCUT2D eigenvalue weighted by Crippen LogP contribution is 2.65. The van der Waals surface area contributed by atoms with Crippen molar-refractivity contribution >= 4 is 23.3 Å². The quantitative estimate of drug-likeness (QED) is 0.399. The smallest absolute Gasteiger partial charge is 0.238 e. The zero-order valence-electron chi connectivity index (χ0n) is 17.6. The van der Waals surface area contributed by atoms with Crippen molar-refractivity contribution in [3.05, 3.63) is 66.2 Å². The van der Waals surface area contributed by atoms with Crippen LogP contribution in [0.3, 0.4) is 0 Å². The summed E-state index contributed by atoms with van der Waals surface area (Å²) in [4.78, 5) is 40.2. The molecule has 0 spiro atoms. The molecule has 0 aromatic heterocycles. The fourth-order valence-electron chi connectivity index (χ4n) is 5.93. The Balaban J connectivity index is 1.15. The number of carbonyl (C=O) groups is 3. The number of anilines is 1. The molecule has 32 heavy (non-hydrogen) atoms. The second-order valence-electron chi connectivity index (χ2n) is 9.10. The number of hydrogen-bond acceptors (Lipinski definition) is 5. The van der Waals surface area contributed by atoms with Crippen molar-refractivity contribution in [3.63, 3.8) is 0 Å². The minimum Gasteiger partial charge on any atom is -0.497 e. The van der Waals surface area contributed by atoms with Gasteiger partial charge in [-0.05, 0) is 66.5 Å². The molecule has 1 saturated heterocycles. The van der Waals surface area contributed by atoms with Crippen LogP contribution in [0, 0.1) is 35.5 Å². The predicted molar refractivity (Wildman–Crippen MR) is 116 cm³/mol. The lowest BCUT2D eigenvalue weighted by atomic mass is 9.63. The number of ether oxygens (including phenoxy) is 2. The van der Waals surface area contributed by atoms with Gasteiger partial charge in [-0.1, -0.05) is 24.3 Å². The van der Waals surface area contributed by atoms with E-state index in [2.05, 4.69) is 12.2 Å². The molecule has 2 aromatic rings. The summed E-state index contributed by atoms with van der Waals surface area (Å²) in [6, 6.07) is 13.7. The Morgan fingerprint density at radius 3 is 2.22 bits per heavy atom. The number of imide groups is 1. The molecule has 2 aromatic carbocycles. The van der Waals surface area contributed by atoms with Crippen molar-refractivity contribution in [3.8, 4) is 11.5 Å². The normalized spacial score (nSPS) is 31.3. The van der Waals surface area contributed by atoms with Crippen LogP contribution in [0.4, 0.5) is 5.69 Å². The van der Waals surface area contributed by atoms with Gasteiger partial charge in [0.1, 0.15) is 11.5 Å². The maximum Gasteiger partial charge on any atom is 0.238 e. The highest BCUT2D eigenvalue weighted by atomic mass is 16.5. The van der Waals surface area contributed by atoms with Gasteiger partial charge >= 0.3 is 0 Å². The van der Waals surface area contributed by atoms with Gasteiger partial charge in [0.2, 0.25) is 11.8 Å². The monoisotopic (exact) mass is 429 g/mol. The van der Waals surface area contributed by atoms with E-state index in [9.17, 15) is 14.4 Å². The zero-order chi connectivity index (χ0) is 22.0. The molecule has 7 rings (SSSR count). The number of rotatable bonds is 6. The lowest BCUT2D eigenvalue weighted by molar-refractivity contribution is -0.124. The Morgan fingerprint density at radius 2 is 1.59 bits per heavy atom. The molecule has 2 bridgehead atoms. The van der Waals surface area contributed by atoms with E-state index in [4.69, 9.17) is 9.47 Å². The van der Waals surface area contributed by atoms with Crippen LogP contribution in [0.15, 0.2) is 60.7 Å². The second kappa shape index (κ2) is 7.05. The Kier molecular flexibility index (Phi) is 4.25. The SMILES string of the molecule is COc1cccc(C(=O)COc2ccc(N3C(=O)[C@@H]4[C@H]5C=C[C@@H]([C@@H]6C[C@@H]56)[C@H]4C3=O)cc2)c1. The van der Waals surface area contributed by atoms with Gasteiger partial charge < -0.3 is 9.47 Å². The van der Waals surface area contributed by atoms with Gasteiger partial charge in [0.25, 0.3) is 0 Å². The van der Waals surface area contributed by atoms with Crippen molar-refractivity contribution in [2.45, 2.75) is 6.42 Å². The first-order valence-corrected chi connectivity index (χ1v) is 11.0. The van der Waals surface area contributed by atoms with Gasteiger partial charge in [0.15, 0.2) is 12.4 Å². The molecule has 1 heterocycles. The van der Waals surface area contributed by atoms with Crippen molar-refractivity contribution in [1.29, 1.82) is 0 Å². The van der Waals surface area contributed by atoms with E-state index in [0.29, 0.717) is 34.6 Å². The fourth-order valence-corrected chi connectivity index (χ4v) is 5.93. The van der Waals surface area contributed by atoms with Gasteiger partial charge in [-0.15, -0.1) is 0 Å². The van der Waals surface area contributed by atoms with Crippen LogP contribution in [-0.4, -0.2) is 31.3 Å². The van der Waals surface area contributed by atoms with Gasteiger partial charge in [-0.3, -0.25) is 19.3 Å². The van der Waals surface area contributed by atoms with Gasteiger partial charge in [0.05, 0.1) is 24.6 Å². The molecule has 4 aliphatic carbocycles. The third-order valence-electron chi connectivity index (χ3n) is 7.52. The van der Waals surface area contributed by atoms with Crippen LogP contribution < -0.4 is 14.4 Å². The first-order chi connectivity index (χ1) is 15.6. The number of allylic oxidation sites excluding steroid dienone is 2. The van der Waals surface area contributed by atoms with Crippen molar-refractivity contribution in [2.75, 3.05) is 18.6 Å².